The zero-order chi connectivity index (χ0) is 14.7. The maximum Gasteiger partial charge on any atom is 0.273 e. The average molecular weight is 304 g/mol. The molecule has 0 atom stereocenters. The smallest absolute Gasteiger partial charge is 0.273 e. The number of amides is 1. The molecule has 3 rings (SSSR count). The molecule has 0 spiro atoms. The highest BCUT2D eigenvalue weighted by Gasteiger charge is 2.41. The molecule has 0 saturated carbocycles. The molecular formula is C14H16N4O2S. The van der Waals surface area contributed by atoms with Crippen molar-refractivity contribution in [3.8, 4) is 17.5 Å². The highest BCUT2D eigenvalue weighted by Crippen LogP contribution is 2.37. The zero-order valence-electron chi connectivity index (χ0n) is 11.6. The number of carbonyl (C=O) groups excluding carboxylic acids is 1. The van der Waals surface area contributed by atoms with Gasteiger partial charge in [-0.3, -0.25) is 4.79 Å². The summed E-state index contributed by atoms with van der Waals surface area (Å²) in [5.41, 5.74) is -0.371. The van der Waals surface area contributed by atoms with Gasteiger partial charge in [0.25, 0.3) is 5.19 Å². The predicted molar refractivity (Wildman–Crippen MR) is 78.0 cm³/mol. The molecule has 21 heavy (non-hydrogen) atoms. The van der Waals surface area contributed by atoms with Gasteiger partial charge in [0.05, 0.1) is 13.1 Å². The molecule has 3 heterocycles. The van der Waals surface area contributed by atoms with Gasteiger partial charge in [0.15, 0.2) is 5.66 Å². The molecule has 1 amide bonds. The molecule has 0 aromatic carbocycles. The summed E-state index contributed by atoms with van der Waals surface area (Å²) < 4.78 is 5.64. The van der Waals surface area contributed by atoms with Gasteiger partial charge in [-0.05, 0) is 0 Å². The van der Waals surface area contributed by atoms with Crippen LogP contribution in [0.4, 0.5) is 0 Å². The molecular weight excluding hydrogens is 288 g/mol. The van der Waals surface area contributed by atoms with Crippen LogP contribution in [0.1, 0.15) is 25.7 Å². The third-order valence-electron chi connectivity index (χ3n) is 3.67. The number of aromatic nitrogens is 1. The molecule has 1 saturated heterocycles. The van der Waals surface area contributed by atoms with E-state index in [1.165, 1.54) is 11.3 Å². The summed E-state index contributed by atoms with van der Waals surface area (Å²) in [6.07, 6.45) is 9.52. The topological polar surface area (TPSA) is 67.2 Å². The van der Waals surface area contributed by atoms with Gasteiger partial charge in [-0.25, -0.2) is 4.98 Å². The lowest BCUT2D eigenvalue weighted by Gasteiger charge is -2.38. The van der Waals surface area contributed by atoms with E-state index in [0.717, 1.165) is 6.42 Å². The Balaban J connectivity index is 1.35. The zero-order valence-corrected chi connectivity index (χ0v) is 12.4. The normalized spacial score (nSPS) is 18.9. The van der Waals surface area contributed by atoms with E-state index >= 15 is 0 Å². The molecule has 1 fully saturated rings. The average Bonchev–Trinajstić information content (AvgIpc) is 3.02. The predicted octanol–water partition coefficient (Wildman–Crippen LogP) is 2.09. The van der Waals surface area contributed by atoms with E-state index < -0.39 is 0 Å². The third kappa shape index (κ3) is 3.39. The number of carbonyl (C=O) groups is 1. The van der Waals surface area contributed by atoms with Crippen LogP contribution in [0.3, 0.4) is 0 Å². The Morgan fingerprint density at radius 3 is 2.95 bits per heavy atom. The Morgan fingerprint density at radius 1 is 1.52 bits per heavy atom. The highest BCUT2D eigenvalue weighted by molar-refractivity contribution is 7.11. The second-order valence-corrected chi connectivity index (χ2v) is 6.08. The molecule has 0 N–H and O–H groups in total. The summed E-state index contributed by atoms with van der Waals surface area (Å²) in [6, 6.07) is 0. The summed E-state index contributed by atoms with van der Waals surface area (Å²) in [5, 5.41) is 10.6. The van der Waals surface area contributed by atoms with E-state index in [0.29, 0.717) is 37.5 Å². The van der Waals surface area contributed by atoms with Crippen LogP contribution >= 0.6 is 11.3 Å². The van der Waals surface area contributed by atoms with Crippen molar-refractivity contribution < 1.29 is 9.53 Å². The molecule has 110 valence electrons. The van der Waals surface area contributed by atoms with Crippen LogP contribution in [0.15, 0.2) is 21.8 Å². The Hall–Kier alpha value is -1.94. The van der Waals surface area contributed by atoms with Crippen LogP contribution in [-0.2, 0) is 4.79 Å². The first-order valence-corrected chi connectivity index (χ1v) is 7.80. The van der Waals surface area contributed by atoms with Crippen molar-refractivity contribution >= 4 is 17.2 Å². The van der Waals surface area contributed by atoms with Crippen LogP contribution in [0.25, 0.3) is 0 Å². The molecule has 2 aliphatic heterocycles. The lowest BCUT2D eigenvalue weighted by molar-refractivity contribution is -0.140. The van der Waals surface area contributed by atoms with Gasteiger partial charge in [-0.15, -0.1) is 12.3 Å². The quantitative estimate of drug-likeness (QED) is 0.724. The summed E-state index contributed by atoms with van der Waals surface area (Å²) in [5.74, 6) is 2.72. The van der Waals surface area contributed by atoms with Crippen molar-refractivity contribution in [3.63, 3.8) is 0 Å². The lowest BCUT2D eigenvalue weighted by Crippen LogP contribution is -2.56. The van der Waals surface area contributed by atoms with Gasteiger partial charge in [0.1, 0.15) is 6.10 Å². The monoisotopic (exact) mass is 304 g/mol. The van der Waals surface area contributed by atoms with Crippen molar-refractivity contribution in [2.24, 2.45) is 10.2 Å². The molecule has 2 aliphatic rings. The summed E-state index contributed by atoms with van der Waals surface area (Å²) >= 11 is 1.46. The minimum atomic E-state index is -0.371. The van der Waals surface area contributed by atoms with Crippen LogP contribution in [0.2, 0.25) is 0 Å². The molecule has 0 radical (unpaired) electrons. The number of thiazole rings is 1. The van der Waals surface area contributed by atoms with Gasteiger partial charge >= 0.3 is 0 Å². The molecule has 1 aromatic rings. The number of terminal acetylenes is 1. The lowest BCUT2D eigenvalue weighted by atomic mass is 10.0. The van der Waals surface area contributed by atoms with E-state index in [2.05, 4.69) is 21.1 Å². The second-order valence-electron chi connectivity index (χ2n) is 5.22. The van der Waals surface area contributed by atoms with Crippen molar-refractivity contribution in [1.29, 1.82) is 0 Å². The first-order valence-electron chi connectivity index (χ1n) is 6.92. The number of nitrogens with zero attached hydrogens (tertiary/aromatic N) is 4. The van der Waals surface area contributed by atoms with E-state index in [9.17, 15) is 4.79 Å². The van der Waals surface area contributed by atoms with E-state index in [1.807, 2.05) is 5.38 Å². The SMILES string of the molecule is C#CCCC1(CCC(=O)N2CC(Oc3nccs3)C2)N=N1. The fourth-order valence-corrected chi connectivity index (χ4v) is 2.81. The molecule has 0 aliphatic carbocycles. The first-order chi connectivity index (χ1) is 10.2. The van der Waals surface area contributed by atoms with Crippen molar-refractivity contribution in [2.45, 2.75) is 37.5 Å². The van der Waals surface area contributed by atoms with Crippen LogP contribution in [0.5, 0.6) is 5.19 Å². The van der Waals surface area contributed by atoms with Gasteiger partial charge in [0, 0.05) is 37.3 Å². The van der Waals surface area contributed by atoms with E-state index in [1.54, 1.807) is 11.1 Å². The largest absolute Gasteiger partial charge is 0.463 e. The van der Waals surface area contributed by atoms with E-state index in [4.69, 9.17) is 11.2 Å². The number of likely N-dealkylation sites (tertiary alicyclic amines) is 1. The summed E-state index contributed by atoms with van der Waals surface area (Å²) in [7, 11) is 0. The molecule has 1 aromatic heterocycles. The molecule has 0 bridgehead atoms. The third-order valence-corrected chi connectivity index (χ3v) is 4.33. The fraction of sp³-hybridized carbons (Fsp3) is 0.571. The minimum absolute atomic E-state index is 0.0609. The molecule has 6 nitrogen and oxygen atoms in total. The maximum absolute atomic E-state index is 12.1. The number of ether oxygens (including phenoxy) is 1. The van der Waals surface area contributed by atoms with Gasteiger partial charge in [0.2, 0.25) is 5.91 Å². The summed E-state index contributed by atoms with van der Waals surface area (Å²) in [4.78, 5) is 17.9. The Bertz CT molecular complexity index is 566. The standard InChI is InChI=1S/C14H16N4O2S/c1-2-3-5-14(16-17-14)6-4-12(19)18-9-11(10-18)20-13-15-7-8-21-13/h1,7-8,11H,3-6,9-10H2. The van der Waals surface area contributed by atoms with Gasteiger partial charge < -0.3 is 9.64 Å². The van der Waals surface area contributed by atoms with Crippen LogP contribution in [0, 0.1) is 12.3 Å². The van der Waals surface area contributed by atoms with Gasteiger partial charge in [-0.1, -0.05) is 11.3 Å². The Morgan fingerprint density at radius 2 is 2.33 bits per heavy atom. The van der Waals surface area contributed by atoms with Crippen LogP contribution in [-0.4, -0.2) is 40.6 Å². The number of rotatable bonds is 7. The second kappa shape index (κ2) is 5.82. The summed E-state index contributed by atoms with van der Waals surface area (Å²) in [6.45, 7) is 1.26. The Kier molecular flexibility index (Phi) is 3.88. The van der Waals surface area contributed by atoms with E-state index in [-0.39, 0.29) is 17.7 Å². The van der Waals surface area contributed by atoms with Gasteiger partial charge in [-0.2, -0.15) is 10.2 Å². The Labute approximate surface area is 127 Å². The van der Waals surface area contributed by atoms with Crippen molar-refractivity contribution in [1.82, 2.24) is 9.88 Å². The molecule has 7 heteroatoms. The number of hydrogen-bond acceptors (Lipinski definition) is 6. The number of hydrogen-bond donors (Lipinski definition) is 0. The molecule has 0 unspecified atom stereocenters. The minimum Gasteiger partial charge on any atom is -0.463 e. The maximum atomic E-state index is 12.1. The van der Waals surface area contributed by atoms with Crippen LogP contribution < -0.4 is 4.74 Å². The first kappa shape index (κ1) is 14.0. The highest BCUT2D eigenvalue weighted by atomic mass is 32.1. The fourth-order valence-electron chi connectivity index (χ4n) is 2.26. The van der Waals surface area contributed by atoms with Crippen molar-refractivity contribution in [3.05, 3.63) is 11.6 Å². The van der Waals surface area contributed by atoms with Crippen molar-refractivity contribution in [2.75, 3.05) is 13.1 Å².